The molecule has 0 bridgehead atoms. The van der Waals surface area contributed by atoms with E-state index in [0.717, 1.165) is 38.5 Å². The van der Waals surface area contributed by atoms with Gasteiger partial charge in [0.15, 0.2) is 6.10 Å². The monoisotopic (exact) mass is 349 g/mol. The summed E-state index contributed by atoms with van der Waals surface area (Å²) in [5.74, 6) is -0.379. The van der Waals surface area contributed by atoms with Crippen LogP contribution in [-0.4, -0.2) is 23.5 Å². The zero-order valence-corrected chi connectivity index (χ0v) is 14.7. The maximum absolute atomic E-state index is 11.4. The molecule has 2 atom stereocenters. The van der Waals surface area contributed by atoms with Crippen LogP contribution in [0, 0.1) is 6.92 Å². The Morgan fingerprint density at radius 2 is 2.00 bits per heavy atom. The van der Waals surface area contributed by atoms with Crippen molar-refractivity contribution in [2.45, 2.75) is 38.9 Å². The third-order valence-electron chi connectivity index (χ3n) is 5.07. The third-order valence-corrected chi connectivity index (χ3v) is 5.07. The van der Waals surface area contributed by atoms with Crippen molar-refractivity contribution < 1.29 is 19.1 Å². The highest BCUT2D eigenvalue weighted by Gasteiger charge is 2.36. The molecule has 132 valence electrons. The summed E-state index contributed by atoms with van der Waals surface area (Å²) < 4.78 is 10.7. The lowest BCUT2D eigenvalue weighted by Gasteiger charge is -2.32. The minimum Gasteiger partial charge on any atom is -0.458 e. The fourth-order valence-corrected chi connectivity index (χ4v) is 3.97. The van der Waals surface area contributed by atoms with Crippen LogP contribution in [0.5, 0.6) is 0 Å². The van der Waals surface area contributed by atoms with Gasteiger partial charge in [0.2, 0.25) is 0 Å². The predicted octanol–water partition coefficient (Wildman–Crippen LogP) is 3.79. The largest absolute Gasteiger partial charge is 0.458 e. The Balaban J connectivity index is 1.95. The first-order chi connectivity index (χ1) is 12.6. The zero-order chi connectivity index (χ0) is 18.3. The summed E-state index contributed by atoms with van der Waals surface area (Å²) in [6.45, 7) is 3.79. The summed E-state index contributed by atoms with van der Waals surface area (Å²) in [7, 11) is 0. The molecule has 3 aromatic rings. The van der Waals surface area contributed by atoms with Gasteiger partial charge in [0.25, 0.3) is 6.47 Å². The molecule has 4 rings (SSSR count). The second kappa shape index (κ2) is 6.41. The number of aromatic nitrogens is 1. The standard InChI is InChI=1S/C21H19NO4/c1-12-15-8-7-14-5-3-4-6-16(14)20(15)22-17-9-10-18(26-13(2)24)21(19(12)17)25-11-23/h3-8,11,18,21H,9-10H2,1-2H3/t18-,21+/m1/s1. The fourth-order valence-electron chi connectivity index (χ4n) is 3.97. The zero-order valence-electron chi connectivity index (χ0n) is 14.7. The minimum atomic E-state index is -0.622. The first-order valence-electron chi connectivity index (χ1n) is 8.67. The quantitative estimate of drug-likeness (QED) is 0.409. The average molecular weight is 349 g/mol. The number of pyridine rings is 1. The number of hydrogen-bond acceptors (Lipinski definition) is 5. The van der Waals surface area contributed by atoms with Gasteiger partial charge in [-0.1, -0.05) is 36.4 Å². The Labute approximate surface area is 150 Å². The molecule has 0 amide bonds. The number of rotatable bonds is 3. The van der Waals surface area contributed by atoms with Gasteiger partial charge < -0.3 is 9.47 Å². The van der Waals surface area contributed by atoms with Gasteiger partial charge in [-0.2, -0.15) is 0 Å². The van der Waals surface area contributed by atoms with Crippen molar-refractivity contribution >= 4 is 34.1 Å². The molecule has 0 aliphatic heterocycles. The van der Waals surface area contributed by atoms with E-state index in [-0.39, 0.29) is 5.97 Å². The molecule has 0 spiro atoms. The van der Waals surface area contributed by atoms with E-state index in [1.54, 1.807) is 0 Å². The first-order valence-corrected chi connectivity index (χ1v) is 8.67. The highest BCUT2D eigenvalue weighted by atomic mass is 16.6. The SMILES string of the molecule is CC(=O)O[C@@H]1CCc2nc3c(ccc4ccccc43)c(C)c2[C@H]1OC=O. The van der Waals surface area contributed by atoms with Crippen molar-refractivity contribution in [2.24, 2.45) is 0 Å². The molecular formula is C21H19NO4. The third kappa shape index (κ3) is 2.60. The molecular weight excluding hydrogens is 330 g/mol. The Kier molecular flexibility index (Phi) is 4.07. The van der Waals surface area contributed by atoms with Gasteiger partial charge in [-0.25, -0.2) is 0 Å². The summed E-state index contributed by atoms with van der Waals surface area (Å²) in [4.78, 5) is 27.4. The molecule has 0 fully saturated rings. The molecule has 0 saturated carbocycles. The number of ether oxygens (including phenoxy) is 2. The lowest BCUT2D eigenvalue weighted by atomic mass is 9.85. The molecule has 1 aromatic heterocycles. The molecule has 0 radical (unpaired) electrons. The summed E-state index contributed by atoms with van der Waals surface area (Å²) in [5.41, 5.74) is 3.73. The van der Waals surface area contributed by atoms with E-state index in [0.29, 0.717) is 19.3 Å². The molecule has 26 heavy (non-hydrogen) atoms. The topological polar surface area (TPSA) is 65.5 Å². The Morgan fingerprint density at radius 3 is 2.77 bits per heavy atom. The van der Waals surface area contributed by atoms with Gasteiger partial charge in [-0.15, -0.1) is 0 Å². The van der Waals surface area contributed by atoms with E-state index in [1.165, 1.54) is 6.92 Å². The van der Waals surface area contributed by atoms with Crippen molar-refractivity contribution in [3.05, 3.63) is 53.2 Å². The Bertz CT molecular complexity index is 1030. The highest BCUT2D eigenvalue weighted by molar-refractivity contribution is 6.06. The van der Waals surface area contributed by atoms with Gasteiger partial charge in [-0.05, 0) is 30.7 Å². The number of benzene rings is 2. The number of carbonyl (C=O) groups excluding carboxylic acids is 2. The predicted molar refractivity (Wildman–Crippen MR) is 97.8 cm³/mol. The minimum absolute atomic E-state index is 0.379. The molecule has 1 aliphatic rings. The maximum atomic E-state index is 11.4. The van der Waals surface area contributed by atoms with Crippen LogP contribution in [-0.2, 0) is 25.5 Å². The Morgan fingerprint density at radius 1 is 1.19 bits per heavy atom. The van der Waals surface area contributed by atoms with Crippen LogP contribution in [0.1, 0.15) is 36.3 Å². The number of fused-ring (bicyclic) bond motifs is 4. The second-order valence-corrected chi connectivity index (χ2v) is 6.62. The molecule has 0 saturated heterocycles. The van der Waals surface area contributed by atoms with Crippen LogP contribution in [0.2, 0.25) is 0 Å². The van der Waals surface area contributed by atoms with Crippen LogP contribution < -0.4 is 0 Å². The molecule has 2 aromatic carbocycles. The van der Waals surface area contributed by atoms with Crippen molar-refractivity contribution in [1.29, 1.82) is 0 Å². The van der Waals surface area contributed by atoms with Crippen LogP contribution in [0.25, 0.3) is 21.7 Å². The molecule has 0 N–H and O–H groups in total. The fraction of sp³-hybridized carbons (Fsp3) is 0.286. The number of aryl methyl sites for hydroxylation is 2. The molecule has 0 unspecified atom stereocenters. The lowest BCUT2D eigenvalue weighted by Crippen LogP contribution is -2.32. The average Bonchev–Trinajstić information content (AvgIpc) is 2.63. The molecule has 5 heteroatoms. The number of esters is 1. The summed E-state index contributed by atoms with van der Waals surface area (Å²) >= 11 is 0. The maximum Gasteiger partial charge on any atom is 0.303 e. The number of hydrogen-bond donors (Lipinski definition) is 0. The van der Waals surface area contributed by atoms with Gasteiger partial charge in [-0.3, -0.25) is 14.6 Å². The summed E-state index contributed by atoms with van der Waals surface area (Å²) in [6.07, 6.45) is 0.145. The molecule has 1 heterocycles. The first kappa shape index (κ1) is 16.5. The van der Waals surface area contributed by atoms with Crippen molar-refractivity contribution in [2.75, 3.05) is 0 Å². The summed E-state index contributed by atoms with van der Waals surface area (Å²) in [5, 5.41) is 3.26. The van der Waals surface area contributed by atoms with Gasteiger partial charge in [0.1, 0.15) is 6.10 Å². The van der Waals surface area contributed by atoms with Gasteiger partial charge in [0.05, 0.1) is 5.52 Å². The van der Waals surface area contributed by atoms with Crippen LogP contribution in [0.3, 0.4) is 0 Å². The normalized spacial score (nSPS) is 19.2. The van der Waals surface area contributed by atoms with E-state index in [9.17, 15) is 9.59 Å². The summed E-state index contributed by atoms with van der Waals surface area (Å²) in [6, 6.07) is 12.3. The van der Waals surface area contributed by atoms with E-state index < -0.39 is 12.2 Å². The highest BCUT2D eigenvalue weighted by Crippen LogP contribution is 2.39. The van der Waals surface area contributed by atoms with E-state index in [1.807, 2.05) is 25.1 Å². The van der Waals surface area contributed by atoms with Crippen LogP contribution >= 0.6 is 0 Å². The van der Waals surface area contributed by atoms with E-state index in [2.05, 4.69) is 18.2 Å². The van der Waals surface area contributed by atoms with Crippen LogP contribution in [0.15, 0.2) is 36.4 Å². The van der Waals surface area contributed by atoms with Gasteiger partial charge >= 0.3 is 5.97 Å². The number of carbonyl (C=O) groups is 2. The Hall–Kier alpha value is -2.95. The lowest BCUT2D eigenvalue weighted by molar-refractivity contribution is -0.161. The van der Waals surface area contributed by atoms with E-state index in [4.69, 9.17) is 14.5 Å². The van der Waals surface area contributed by atoms with Gasteiger partial charge in [0, 0.05) is 29.0 Å². The second-order valence-electron chi connectivity index (χ2n) is 6.62. The van der Waals surface area contributed by atoms with Crippen molar-refractivity contribution in [3.63, 3.8) is 0 Å². The number of nitrogens with zero attached hydrogens (tertiary/aromatic N) is 1. The van der Waals surface area contributed by atoms with Crippen LogP contribution in [0.4, 0.5) is 0 Å². The van der Waals surface area contributed by atoms with E-state index >= 15 is 0 Å². The molecule has 5 nitrogen and oxygen atoms in total. The molecule has 1 aliphatic carbocycles. The van der Waals surface area contributed by atoms with Crippen molar-refractivity contribution in [3.8, 4) is 0 Å². The smallest absolute Gasteiger partial charge is 0.303 e. The van der Waals surface area contributed by atoms with Crippen molar-refractivity contribution in [1.82, 2.24) is 4.98 Å².